The van der Waals surface area contributed by atoms with Crippen molar-refractivity contribution < 1.29 is 9.45 Å². The van der Waals surface area contributed by atoms with Crippen LogP contribution in [0.25, 0.3) is 11.4 Å². The monoisotopic (exact) mass is 345 g/mol. The highest BCUT2D eigenvalue weighted by molar-refractivity contribution is 6.30. The Hall–Kier alpha value is -3.00. The van der Waals surface area contributed by atoms with Crippen molar-refractivity contribution in [3.63, 3.8) is 0 Å². The number of nitrogens with zero attached hydrogens (tertiary/aromatic N) is 4. The van der Waals surface area contributed by atoms with Crippen LogP contribution < -0.4 is 5.32 Å². The molecule has 0 spiro atoms. The van der Waals surface area contributed by atoms with Crippen molar-refractivity contribution >= 4 is 23.1 Å². The van der Waals surface area contributed by atoms with Gasteiger partial charge in [-0.25, -0.2) is 4.98 Å². The van der Waals surface area contributed by atoms with Crippen molar-refractivity contribution in [1.29, 1.82) is 0 Å². The maximum atomic E-state index is 10.6. The molecule has 8 nitrogen and oxygen atoms in total. The number of anilines is 1. The normalized spacial score (nSPS) is 10.5. The summed E-state index contributed by atoms with van der Waals surface area (Å²) in [5.74, 6) is 1.52. The van der Waals surface area contributed by atoms with Crippen molar-refractivity contribution in [3.8, 4) is 11.4 Å². The number of nitro groups is 1. The molecule has 122 valence electrons. The Morgan fingerprint density at radius 2 is 2.00 bits per heavy atom. The van der Waals surface area contributed by atoms with Gasteiger partial charge in [0, 0.05) is 29.6 Å². The summed E-state index contributed by atoms with van der Waals surface area (Å²) >= 11 is 5.84. The molecule has 3 rings (SSSR count). The summed E-state index contributed by atoms with van der Waals surface area (Å²) in [6.07, 6.45) is 1.70. The summed E-state index contributed by atoms with van der Waals surface area (Å²) < 4.78 is 5.19. The van der Waals surface area contributed by atoms with Crippen LogP contribution in [0.1, 0.15) is 5.89 Å². The van der Waals surface area contributed by atoms with Crippen LogP contribution in [0, 0.1) is 10.1 Å². The van der Waals surface area contributed by atoms with E-state index in [9.17, 15) is 10.1 Å². The fourth-order valence-electron chi connectivity index (χ4n) is 1.97. The molecule has 1 N–H and O–H groups in total. The van der Waals surface area contributed by atoms with Gasteiger partial charge in [-0.15, -0.1) is 0 Å². The maximum absolute atomic E-state index is 10.6. The zero-order valence-electron chi connectivity index (χ0n) is 12.3. The molecule has 0 saturated heterocycles. The lowest BCUT2D eigenvalue weighted by Gasteiger charge is -2.02. The van der Waals surface area contributed by atoms with E-state index in [1.54, 1.807) is 18.2 Å². The van der Waals surface area contributed by atoms with Gasteiger partial charge in [0.1, 0.15) is 12.0 Å². The van der Waals surface area contributed by atoms with Crippen LogP contribution in [-0.4, -0.2) is 26.6 Å². The van der Waals surface area contributed by atoms with Gasteiger partial charge in [0.25, 0.3) is 5.69 Å². The Balaban J connectivity index is 1.55. The van der Waals surface area contributed by atoms with Crippen LogP contribution in [0.15, 0.2) is 47.1 Å². The molecular formula is C15H12ClN5O3. The molecule has 0 amide bonds. The zero-order valence-corrected chi connectivity index (χ0v) is 13.1. The highest BCUT2D eigenvalue weighted by Crippen LogP contribution is 2.19. The van der Waals surface area contributed by atoms with E-state index < -0.39 is 4.92 Å². The fourth-order valence-corrected chi connectivity index (χ4v) is 2.09. The predicted molar refractivity (Wildman–Crippen MR) is 87.8 cm³/mol. The number of halogens is 1. The number of hydrogen-bond acceptors (Lipinski definition) is 7. The summed E-state index contributed by atoms with van der Waals surface area (Å²) in [4.78, 5) is 18.3. The SMILES string of the molecule is O=[N+]([O-])c1ccc(NCCc2nc(-c3ccc(Cl)cc3)no2)nc1. The topological polar surface area (TPSA) is 107 Å². The molecule has 0 unspecified atom stereocenters. The molecule has 0 bridgehead atoms. The number of rotatable bonds is 6. The van der Waals surface area contributed by atoms with Gasteiger partial charge in [0.05, 0.1) is 4.92 Å². The molecule has 2 aromatic heterocycles. The van der Waals surface area contributed by atoms with E-state index in [-0.39, 0.29) is 5.69 Å². The molecule has 3 aromatic rings. The smallest absolute Gasteiger partial charge is 0.287 e. The maximum Gasteiger partial charge on any atom is 0.287 e. The summed E-state index contributed by atoms with van der Waals surface area (Å²) in [5, 5.41) is 18.2. The van der Waals surface area contributed by atoms with Gasteiger partial charge >= 0.3 is 0 Å². The van der Waals surface area contributed by atoms with E-state index in [0.717, 1.165) is 5.56 Å². The lowest BCUT2D eigenvalue weighted by Crippen LogP contribution is -2.06. The Morgan fingerprint density at radius 3 is 2.67 bits per heavy atom. The summed E-state index contributed by atoms with van der Waals surface area (Å²) in [6.45, 7) is 0.507. The van der Waals surface area contributed by atoms with Crippen LogP contribution in [-0.2, 0) is 6.42 Å². The second-order valence-electron chi connectivity index (χ2n) is 4.85. The van der Waals surface area contributed by atoms with E-state index >= 15 is 0 Å². The molecule has 0 atom stereocenters. The number of pyridine rings is 1. The molecule has 0 saturated carbocycles. The summed E-state index contributed by atoms with van der Waals surface area (Å²) in [6, 6.07) is 10.1. The number of aromatic nitrogens is 3. The standard InChI is InChI=1S/C15H12ClN5O3/c16-11-3-1-10(2-4-11)15-19-14(24-20-15)7-8-17-13-6-5-12(9-18-13)21(22)23/h1-6,9H,7-8H2,(H,17,18). The number of hydrogen-bond donors (Lipinski definition) is 1. The Bertz CT molecular complexity index is 833. The largest absolute Gasteiger partial charge is 0.370 e. The predicted octanol–water partition coefficient (Wildman–Crippen LogP) is 3.35. The molecule has 0 radical (unpaired) electrons. The fraction of sp³-hybridized carbons (Fsp3) is 0.133. The van der Waals surface area contributed by atoms with E-state index in [1.165, 1.54) is 12.3 Å². The first-order valence-electron chi connectivity index (χ1n) is 7.04. The van der Waals surface area contributed by atoms with Gasteiger partial charge in [-0.2, -0.15) is 4.98 Å². The van der Waals surface area contributed by atoms with Gasteiger partial charge in [-0.3, -0.25) is 10.1 Å². The van der Waals surface area contributed by atoms with Gasteiger partial charge in [0.2, 0.25) is 11.7 Å². The zero-order chi connectivity index (χ0) is 16.9. The molecule has 9 heteroatoms. The van der Waals surface area contributed by atoms with Crippen molar-refractivity contribution in [2.24, 2.45) is 0 Å². The highest BCUT2D eigenvalue weighted by Gasteiger charge is 2.09. The molecule has 0 fully saturated rings. The van der Waals surface area contributed by atoms with E-state index in [4.69, 9.17) is 16.1 Å². The van der Waals surface area contributed by atoms with Gasteiger partial charge in [0.15, 0.2) is 0 Å². The molecule has 2 heterocycles. The minimum atomic E-state index is -0.493. The third kappa shape index (κ3) is 3.85. The van der Waals surface area contributed by atoms with Gasteiger partial charge < -0.3 is 9.84 Å². The van der Waals surface area contributed by atoms with E-state index in [2.05, 4.69) is 20.4 Å². The van der Waals surface area contributed by atoms with Crippen LogP contribution in [0.2, 0.25) is 5.02 Å². The van der Waals surface area contributed by atoms with Crippen molar-refractivity contribution in [3.05, 3.63) is 63.6 Å². The second kappa shape index (κ2) is 7.05. The molecule has 0 aliphatic carbocycles. The highest BCUT2D eigenvalue weighted by atomic mass is 35.5. The lowest BCUT2D eigenvalue weighted by molar-refractivity contribution is -0.385. The minimum absolute atomic E-state index is 0.0509. The summed E-state index contributed by atoms with van der Waals surface area (Å²) in [5.41, 5.74) is 0.768. The van der Waals surface area contributed by atoms with Crippen molar-refractivity contribution in [1.82, 2.24) is 15.1 Å². The van der Waals surface area contributed by atoms with E-state index in [0.29, 0.717) is 35.5 Å². The molecule has 1 aromatic carbocycles. The number of benzene rings is 1. The average Bonchev–Trinajstić information content (AvgIpc) is 3.05. The Kier molecular flexibility index (Phi) is 4.66. The van der Waals surface area contributed by atoms with E-state index in [1.807, 2.05) is 12.1 Å². The minimum Gasteiger partial charge on any atom is -0.370 e. The third-order valence-electron chi connectivity index (χ3n) is 3.17. The van der Waals surface area contributed by atoms with Crippen LogP contribution in [0.3, 0.4) is 0 Å². The van der Waals surface area contributed by atoms with Crippen LogP contribution in [0.4, 0.5) is 11.5 Å². The first-order valence-corrected chi connectivity index (χ1v) is 7.42. The molecule has 0 aliphatic rings. The third-order valence-corrected chi connectivity index (χ3v) is 3.43. The van der Waals surface area contributed by atoms with Gasteiger partial charge in [-0.05, 0) is 30.3 Å². The molecule has 24 heavy (non-hydrogen) atoms. The first kappa shape index (κ1) is 15.9. The molecular weight excluding hydrogens is 334 g/mol. The molecule has 0 aliphatic heterocycles. The van der Waals surface area contributed by atoms with Crippen molar-refractivity contribution in [2.75, 3.05) is 11.9 Å². The second-order valence-corrected chi connectivity index (χ2v) is 5.29. The Morgan fingerprint density at radius 1 is 1.21 bits per heavy atom. The van der Waals surface area contributed by atoms with Crippen LogP contribution >= 0.6 is 11.6 Å². The summed E-state index contributed by atoms with van der Waals surface area (Å²) in [7, 11) is 0. The average molecular weight is 346 g/mol. The number of nitrogens with one attached hydrogen (secondary N) is 1. The van der Waals surface area contributed by atoms with Crippen molar-refractivity contribution in [2.45, 2.75) is 6.42 Å². The lowest BCUT2D eigenvalue weighted by atomic mass is 10.2. The Labute approximate surface area is 141 Å². The van der Waals surface area contributed by atoms with Crippen LogP contribution in [0.5, 0.6) is 0 Å². The van der Waals surface area contributed by atoms with Gasteiger partial charge in [-0.1, -0.05) is 16.8 Å². The quantitative estimate of drug-likeness (QED) is 0.539. The first-order chi connectivity index (χ1) is 11.6.